The number of rotatable bonds is 2. The Hall–Kier alpha value is -0.940. The van der Waals surface area contributed by atoms with E-state index in [1.807, 2.05) is 0 Å². The van der Waals surface area contributed by atoms with Crippen LogP contribution in [0.25, 0.3) is 0 Å². The number of ether oxygens (including phenoxy) is 1. The minimum Gasteiger partial charge on any atom is -0.467 e. The number of nitrogens with zero attached hydrogens (tertiary/aromatic N) is 1. The van der Waals surface area contributed by atoms with Crippen LogP contribution < -0.4 is 5.73 Å². The Morgan fingerprint density at radius 3 is 2.86 bits per heavy atom. The van der Waals surface area contributed by atoms with Crippen LogP contribution in [0.2, 0.25) is 0 Å². The molecule has 1 heterocycles. The predicted octanol–water partition coefficient (Wildman–Crippen LogP) is 1.19. The Morgan fingerprint density at radius 1 is 1.71 bits per heavy atom. The molecule has 0 fully saturated rings. The quantitative estimate of drug-likeness (QED) is 0.640. The molecule has 2 N–H and O–H groups in total. The Balaban J connectivity index is 3.16. The van der Waals surface area contributed by atoms with Gasteiger partial charge in [-0.25, -0.2) is 9.78 Å². The molecule has 0 saturated carbocycles. The highest BCUT2D eigenvalue weighted by Gasteiger charge is 2.33. The van der Waals surface area contributed by atoms with Crippen molar-refractivity contribution in [2.24, 2.45) is 5.73 Å². The number of esters is 1. The summed E-state index contributed by atoms with van der Waals surface area (Å²) in [7, 11) is 1.30. The SMILES string of the molecule is COC(=O)[C@@](C)(N)c1cccnc1Br. The minimum absolute atomic E-state index is 0.494. The van der Waals surface area contributed by atoms with E-state index >= 15 is 0 Å². The number of pyridine rings is 1. The fraction of sp³-hybridized carbons (Fsp3) is 0.333. The number of hydrogen-bond donors (Lipinski definition) is 1. The first-order valence-corrected chi connectivity index (χ1v) is 4.77. The molecule has 0 radical (unpaired) electrons. The average molecular weight is 259 g/mol. The van der Waals surface area contributed by atoms with Gasteiger partial charge in [-0.15, -0.1) is 0 Å². The molecule has 0 saturated heterocycles. The van der Waals surface area contributed by atoms with E-state index in [-0.39, 0.29) is 0 Å². The first-order chi connectivity index (χ1) is 6.50. The fourth-order valence-corrected chi connectivity index (χ4v) is 1.76. The van der Waals surface area contributed by atoms with Gasteiger partial charge in [0, 0.05) is 11.8 Å². The van der Waals surface area contributed by atoms with Crippen LogP contribution in [0.1, 0.15) is 12.5 Å². The number of carbonyl (C=O) groups is 1. The van der Waals surface area contributed by atoms with E-state index in [2.05, 4.69) is 25.7 Å². The van der Waals surface area contributed by atoms with Gasteiger partial charge >= 0.3 is 5.97 Å². The van der Waals surface area contributed by atoms with Gasteiger partial charge in [-0.1, -0.05) is 6.07 Å². The van der Waals surface area contributed by atoms with Gasteiger partial charge in [0.25, 0.3) is 0 Å². The number of methoxy groups -OCH3 is 1. The van der Waals surface area contributed by atoms with Crippen molar-refractivity contribution in [3.8, 4) is 0 Å². The number of carbonyl (C=O) groups excluding carboxylic acids is 1. The summed E-state index contributed by atoms with van der Waals surface area (Å²) in [4.78, 5) is 15.4. The second-order valence-electron chi connectivity index (χ2n) is 3.04. The van der Waals surface area contributed by atoms with Crippen molar-refractivity contribution in [3.63, 3.8) is 0 Å². The summed E-state index contributed by atoms with van der Waals surface area (Å²) < 4.78 is 5.16. The van der Waals surface area contributed by atoms with Crippen LogP contribution in [0.5, 0.6) is 0 Å². The summed E-state index contributed by atoms with van der Waals surface area (Å²) in [6, 6.07) is 3.45. The molecule has 0 aliphatic heterocycles. The molecule has 1 aromatic heterocycles. The molecule has 0 aliphatic rings. The van der Waals surface area contributed by atoms with Crippen molar-refractivity contribution in [2.45, 2.75) is 12.5 Å². The van der Waals surface area contributed by atoms with Crippen LogP contribution >= 0.6 is 15.9 Å². The van der Waals surface area contributed by atoms with Crippen LogP contribution in [0.15, 0.2) is 22.9 Å². The molecule has 1 atom stereocenters. The lowest BCUT2D eigenvalue weighted by Crippen LogP contribution is -2.43. The van der Waals surface area contributed by atoms with Gasteiger partial charge in [0.05, 0.1) is 7.11 Å². The molecule has 14 heavy (non-hydrogen) atoms. The molecule has 5 heteroatoms. The zero-order chi connectivity index (χ0) is 10.8. The summed E-state index contributed by atoms with van der Waals surface area (Å²) in [6.45, 7) is 1.58. The maximum Gasteiger partial charge on any atom is 0.330 e. The normalized spacial score (nSPS) is 14.6. The zero-order valence-corrected chi connectivity index (χ0v) is 9.54. The maximum atomic E-state index is 11.4. The third kappa shape index (κ3) is 1.93. The first kappa shape index (κ1) is 11.1. The Kier molecular flexibility index (Phi) is 3.23. The molecular formula is C9H11BrN2O2. The molecule has 0 amide bonds. The first-order valence-electron chi connectivity index (χ1n) is 3.98. The van der Waals surface area contributed by atoms with Crippen LogP contribution in [0, 0.1) is 0 Å². The highest BCUT2D eigenvalue weighted by atomic mass is 79.9. The lowest BCUT2D eigenvalue weighted by Gasteiger charge is -2.22. The lowest BCUT2D eigenvalue weighted by atomic mass is 9.95. The van der Waals surface area contributed by atoms with Crippen molar-refractivity contribution in [2.75, 3.05) is 7.11 Å². The highest BCUT2D eigenvalue weighted by Crippen LogP contribution is 2.25. The Bertz CT molecular complexity index is 352. The van der Waals surface area contributed by atoms with E-state index in [1.165, 1.54) is 7.11 Å². The number of nitrogens with two attached hydrogens (primary N) is 1. The van der Waals surface area contributed by atoms with Crippen molar-refractivity contribution in [3.05, 3.63) is 28.5 Å². The maximum absolute atomic E-state index is 11.4. The molecule has 0 bridgehead atoms. The molecular weight excluding hydrogens is 248 g/mol. The minimum atomic E-state index is -1.18. The van der Waals surface area contributed by atoms with Crippen molar-refractivity contribution < 1.29 is 9.53 Å². The number of aromatic nitrogens is 1. The van der Waals surface area contributed by atoms with Gasteiger partial charge in [-0.05, 0) is 28.9 Å². The van der Waals surface area contributed by atoms with Crippen molar-refractivity contribution in [1.82, 2.24) is 4.98 Å². The van der Waals surface area contributed by atoms with E-state index in [0.29, 0.717) is 10.2 Å². The fourth-order valence-electron chi connectivity index (χ4n) is 1.10. The molecule has 1 rings (SSSR count). The van der Waals surface area contributed by atoms with Gasteiger partial charge in [0.2, 0.25) is 0 Å². The summed E-state index contributed by atoms with van der Waals surface area (Å²) in [5.74, 6) is -0.494. The number of hydrogen-bond acceptors (Lipinski definition) is 4. The van der Waals surface area contributed by atoms with Crippen molar-refractivity contribution >= 4 is 21.9 Å². The topological polar surface area (TPSA) is 65.2 Å². The lowest BCUT2D eigenvalue weighted by molar-refractivity contribution is -0.146. The largest absolute Gasteiger partial charge is 0.467 e. The number of halogens is 1. The molecule has 4 nitrogen and oxygen atoms in total. The summed E-state index contributed by atoms with van der Waals surface area (Å²) in [5.41, 5.74) is 5.27. The van der Waals surface area contributed by atoms with Gasteiger partial charge in [0.1, 0.15) is 10.1 Å². The predicted molar refractivity (Wildman–Crippen MR) is 55.5 cm³/mol. The third-order valence-electron chi connectivity index (χ3n) is 1.93. The van der Waals surface area contributed by atoms with Crippen LogP contribution in [0.4, 0.5) is 0 Å². The van der Waals surface area contributed by atoms with E-state index in [9.17, 15) is 4.79 Å². The molecule has 1 aromatic rings. The second kappa shape index (κ2) is 4.06. The smallest absolute Gasteiger partial charge is 0.330 e. The monoisotopic (exact) mass is 258 g/mol. The van der Waals surface area contributed by atoms with E-state index in [0.717, 1.165) is 0 Å². The van der Waals surface area contributed by atoms with Gasteiger partial charge < -0.3 is 10.5 Å². The molecule has 0 spiro atoms. The van der Waals surface area contributed by atoms with Crippen LogP contribution in [0.3, 0.4) is 0 Å². The zero-order valence-electron chi connectivity index (χ0n) is 7.95. The van der Waals surface area contributed by atoms with Gasteiger partial charge in [-0.3, -0.25) is 0 Å². The highest BCUT2D eigenvalue weighted by molar-refractivity contribution is 9.10. The summed E-state index contributed by atoms with van der Waals surface area (Å²) in [6.07, 6.45) is 1.61. The standard InChI is InChI=1S/C9H11BrN2O2/c1-9(11,8(13)14-2)6-4-3-5-12-7(6)10/h3-5H,11H2,1-2H3/t9-/m0/s1. The average Bonchev–Trinajstić information content (AvgIpc) is 2.17. The molecule has 0 aliphatic carbocycles. The summed E-state index contributed by atoms with van der Waals surface area (Å²) >= 11 is 3.23. The molecule has 0 unspecified atom stereocenters. The summed E-state index contributed by atoms with van der Waals surface area (Å²) in [5, 5.41) is 0. The van der Waals surface area contributed by atoms with Crippen LogP contribution in [-0.4, -0.2) is 18.1 Å². The third-order valence-corrected chi connectivity index (χ3v) is 2.56. The van der Waals surface area contributed by atoms with E-state index in [1.54, 1.807) is 25.3 Å². The van der Waals surface area contributed by atoms with Gasteiger partial charge in [0.15, 0.2) is 0 Å². The second-order valence-corrected chi connectivity index (χ2v) is 3.79. The van der Waals surface area contributed by atoms with E-state index < -0.39 is 11.5 Å². The Morgan fingerprint density at radius 2 is 2.36 bits per heavy atom. The van der Waals surface area contributed by atoms with Crippen LogP contribution in [-0.2, 0) is 15.1 Å². The molecule has 0 aromatic carbocycles. The Labute approximate surface area is 90.6 Å². The van der Waals surface area contributed by atoms with Gasteiger partial charge in [-0.2, -0.15) is 0 Å². The van der Waals surface area contributed by atoms with E-state index in [4.69, 9.17) is 5.73 Å². The molecule has 76 valence electrons. The van der Waals surface area contributed by atoms with Crippen molar-refractivity contribution in [1.29, 1.82) is 0 Å².